The molecule has 0 aliphatic carbocycles. The van der Waals surface area contributed by atoms with Gasteiger partial charge in [0.2, 0.25) is 0 Å². The van der Waals surface area contributed by atoms with Gasteiger partial charge in [0.15, 0.2) is 0 Å². The van der Waals surface area contributed by atoms with Crippen LogP contribution in [0.15, 0.2) is 4.99 Å². The van der Waals surface area contributed by atoms with E-state index in [0.29, 0.717) is 0 Å². The number of amidine groups is 1. The van der Waals surface area contributed by atoms with Gasteiger partial charge in [-0.25, -0.2) is 0 Å². The molecule has 94 valence electrons. The largest absolute Gasteiger partial charge is 0.357 e. The quantitative estimate of drug-likeness (QED) is 0.612. The van der Waals surface area contributed by atoms with Crippen molar-refractivity contribution in [1.29, 1.82) is 0 Å². The fraction of sp³-hybridized carbons (Fsp3) is 0.923. The molecular formula is C13H27N3. The van der Waals surface area contributed by atoms with Crippen molar-refractivity contribution < 1.29 is 0 Å². The molecule has 3 heteroatoms. The second-order valence-corrected chi connectivity index (χ2v) is 4.59. The minimum absolute atomic E-state index is 0.746. The number of unbranched alkanes of at least 4 members (excludes halogenated alkanes) is 5. The molecule has 16 heavy (non-hydrogen) atoms. The Morgan fingerprint density at radius 2 is 1.94 bits per heavy atom. The predicted octanol–water partition coefficient (Wildman–Crippen LogP) is 2.41. The smallest absolute Gasteiger partial charge is 0.0990 e. The van der Waals surface area contributed by atoms with Crippen LogP contribution in [0.2, 0.25) is 0 Å². The minimum atomic E-state index is 0.746. The van der Waals surface area contributed by atoms with Gasteiger partial charge in [-0.2, -0.15) is 0 Å². The highest BCUT2D eigenvalue weighted by Gasteiger charge is 2.14. The van der Waals surface area contributed by atoms with Gasteiger partial charge in [-0.05, 0) is 6.42 Å². The molecule has 0 bridgehead atoms. The monoisotopic (exact) mass is 225 g/mol. The summed E-state index contributed by atoms with van der Waals surface area (Å²) in [6.45, 7) is 6.05. The Hall–Kier alpha value is -0.570. The van der Waals surface area contributed by atoms with Gasteiger partial charge in [-0.1, -0.05) is 39.0 Å². The van der Waals surface area contributed by atoms with Gasteiger partial charge in [0.05, 0.1) is 12.4 Å². The van der Waals surface area contributed by atoms with Crippen LogP contribution in [0.4, 0.5) is 0 Å². The first-order valence-corrected chi connectivity index (χ1v) is 6.86. The van der Waals surface area contributed by atoms with Gasteiger partial charge in [0, 0.05) is 26.1 Å². The van der Waals surface area contributed by atoms with Crippen molar-refractivity contribution in [1.82, 2.24) is 4.90 Å². The number of hydrogen-bond donors (Lipinski definition) is 1. The average molecular weight is 225 g/mol. The molecule has 0 amide bonds. The molecule has 0 saturated carbocycles. The Labute approximate surface area is 100 Å². The summed E-state index contributed by atoms with van der Waals surface area (Å²) in [5, 5.41) is 0. The maximum Gasteiger partial charge on any atom is 0.0990 e. The van der Waals surface area contributed by atoms with Crippen molar-refractivity contribution in [3.8, 4) is 0 Å². The van der Waals surface area contributed by atoms with Crippen LogP contribution < -0.4 is 5.73 Å². The Kier molecular flexibility index (Phi) is 7.23. The summed E-state index contributed by atoms with van der Waals surface area (Å²) >= 11 is 0. The first-order valence-electron chi connectivity index (χ1n) is 6.86. The fourth-order valence-electron chi connectivity index (χ4n) is 2.23. The Bertz CT molecular complexity index is 201. The molecular weight excluding hydrogens is 198 g/mol. The molecule has 1 rings (SSSR count). The molecule has 0 aromatic heterocycles. The van der Waals surface area contributed by atoms with Gasteiger partial charge >= 0.3 is 0 Å². The van der Waals surface area contributed by atoms with Crippen LogP contribution in [0.5, 0.6) is 0 Å². The van der Waals surface area contributed by atoms with Crippen LogP contribution in [0.3, 0.4) is 0 Å². The van der Waals surface area contributed by atoms with Crippen molar-refractivity contribution in [2.75, 3.05) is 26.2 Å². The van der Waals surface area contributed by atoms with E-state index in [1.165, 1.54) is 44.4 Å². The standard InChI is InChI=1S/C13H27N3/c1-2-3-4-5-6-7-8-13-15-10-12-16(13)11-9-14/h2-12,14H2,1H3. The first-order chi connectivity index (χ1) is 7.88. The molecule has 1 aliphatic heterocycles. The molecule has 0 atom stereocenters. The van der Waals surface area contributed by atoms with Gasteiger partial charge in [-0.3, -0.25) is 4.99 Å². The van der Waals surface area contributed by atoms with Crippen LogP contribution in [-0.2, 0) is 0 Å². The second-order valence-electron chi connectivity index (χ2n) is 4.59. The second kappa shape index (κ2) is 8.57. The summed E-state index contributed by atoms with van der Waals surface area (Å²) in [5.41, 5.74) is 5.58. The first kappa shape index (κ1) is 13.5. The van der Waals surface area contributed by atoms with E-state index in [-0.39, 0.29) is 0 Å². The van der Waals surface area contributed by atoms with Crippen LogP contribution in [0.1, 0.15) is 51.9 Å². The lowest BCUT2D eigenvalue weighted by Crippen LogP contribution is -2.32. The van der Waals surface area contributed by atoms with Gasteiger partial charge in [0.1, 0.15) is 0 Å². The zero-order valence-corrected chi connectivity index (χ0v) is 10.7. The highest BCUT2D eigenvalue weighted by Crippen LogP contribution is 2.11. The summed E-state index contributed by atoms with van der Waals surface area (Å²) in [4.78, 5) is 6.91. The van der Waals surface area contributed by atoms with Crippen LogP contribution in [0.25, 0.3) is 0 Å². The maximum atomic E-state index is 5.58. The zero-order chi connectivity index (χ0) is 11.6. The van der Waals surface area contributed by atoms with Crippen molar-refractivity contribution in [3.05, 3.63) is 0 Å². The molecule has 0 saturated heterocycles. The van der Waals surface area contributed by atoms with E-state index in [0.717, 1.165) is 32.6 Å². The summed E-state index contributed by atoms with van der Waals surface area (Å²) in [7, 11) is 0. The Morgan fingerprint density at radius 3 is 2.69 bits per heavy atom. The average Bonchev–Trinajstić information content (AvgIpc) is 2.72. The molecule has 0 unspecified atom stereocenters. The number of nitrogens with two attached hydrogens (primary N) is 1. The third-order valence-corrected chi connectivity index (χ3v) is 3.18. The van der Waals surface area contributed by atoms with Crippen molar-refractivity contribution in [2.24, 2.45) is 10.7 Å². The van der Waals surface area contributed by atoms with Crippen molar-refractivity contribution in [3.63, 3.8) is 0 Å². The highest BCUT2D eigenvalue weighted by atomic mass is 15.2. The zero-order valence-electron chi connectivity index (χ0n) is 10.7. The number of aliphatic imine (C=N–C) groups is 1. The lowest BCUT2D eigenvalue weighted by atomic mass is 10.1. The molecule has 0 radical (unpaired) electrons. The van der Waals surface area contributed by atoms with Crippen molar-refractivity contribution >= 4 is 5.84 Å². The lowest BCUT2D eigenvalue weighted by molar-refractivity contribution is 0.456. The van der Waals surface area contributed by atoms with Gasteiger partial charge < -0.3 is 10.6 Å². The van der Waals surface area contributed by atoms with E-state index in [4.69, 9.17) is 5.73 Å². The molecule has 0 spiro atoms. The molecule has 1 heterocycles. The molecule has 0 fully saturated rings. The van der Waals surface area contributed by atoms with E-state index in [2.05, 4.69) is 16.8 Å². The predicted molar refractivity (Wildman–Crippen MR) is 70.9 cm³/mol. The van der Waals surface area contributed by atoms with Gasteiger partial charge in [0.25, 0.3) is 0 Å². The number of hydrogen-bond acceptors (Lipinski definition) is 3. The van der Waals surface area contributed by atoms with E-state index in [9.17, 15) is 0 Å². The highest BCUT2D eigenvalue weighted by molar-refractivity contribution is 5.83. The Morgan fingerprint density at radius 1 is 1.19 bits per heavy atom. The fourth-order valence-corrected chi connectivity index (χ4v) is 2.23. The van der Waals surface area contributed by atoms with Crippen LogP contribution in [-0.4, -0.2) is 36.9 Å². The minimum Gasteiger partial charge on any atom is -0.357 e. The summed E-state index contributed by atoms with van der Waals surface area (Å²) < 4.78 is 0. The van der Waals surface area contributed by atoms with E-state index < -0.39 is 0 Å². The van der Waals surface area contributed by atoms with Crippen molar-refractivity contribution in [2.45, 2.75) is 51.9 Å². The molecule has 0 aromatic carbocycles. The molecule has 1 aliphatic rings. The van der Waals surface area contributed by atoms with Gasteiger partial charge in [-0.15, -0.1) is 0 Å². The molecule has 3 nitrogen and oxygen atoms in total. The van der Waals surface area contributed by atoms with E-state index in [1.807, 2.05) is 0 Å². The molecule has 2 N–H and O–H groups in total. The van der Waals surface area contributed by atoms with Crippen LogP contribution in [0, 0.1) is 0 Å². The summed E-state index contributed by atoms with van der Waals surface area (Å²) in [6.07, 6.45) is 9.32. The summed E-state index contributed by atoms with van der Waals surface area (Å²) in [5.74, 6) is 1.31. The van der Waals surface area contributed by atoms with E-state index >= 15 is 0 Å². The molecule has 0 aromatic rings. The SMILES string of the molecule is CCCCCCCCC1=NCCN1CCN. The summed E-state index contributed by atoms with van der Waals surface area (Å²) in [6, 6.07) is 0. The maximum absolute atomic E-state index is 5.58. The Balaban J connectivity index is 2.03. The number of nitrogens with zero attached hydrogens (tertiary/aromatic N) is 2. The van der Waals surface area contributed by atoms with E-state index in [1.54, 1.807) is 0 Å². The number of rotatable bonds is 9. The van der Waals surface area contributed by atoms with Crippen LogP contribution >= 0.6 is 0 Å². The third kappa shape index (κ3) is 4.97. The lowest BCUT2D eigenvalue weighted by Gasteiger charge is -2.19. The third-order valence-electron chi connectivity index (χ3n) is 3.18. The normalized spacial score (nSPS) is 15.6. The topological polar surface area (TPSA) is 41.6 Å².